The van der Waals surface area contributed by atoms with Gasteiger partial charge in [0.05, 0.1) is 17.1 Å². The lowest BCUT2D eigenvalue weighted by Crippen LogP contribution is -2.09. The SMILES string of the molecule is CCCCOC(=O)c1ccc(NC(=O)/C=C/c2ccc([N+](=O)[O-])cc2)cc1. The van der Waals surface area contributed by atoms with E-state index in [-0.39, 0.29) is 17.6 Å². The zero-order valence-corrected chi connectivity index (χ0v) is 14.9. The number of nitrogens with one attached hydrogen (secondary N) is 1. The molecule has 7 nitrogen and oxygen atoms in total. The molecule has 0 fully saturated rings. The number of esters is 1. The number of hydrogen-bond acceptors (Lipinski definition) is 5. The van der Waals surface area contributed by atoms with E-state index in [1.165, 1.54) is 18.2 Å². The molecule has 0 saturated heterocycles. The molecule has 0 aliphatic rings. The topological polar surface area (TPSA) is 98.5 Å². The molecule has 7 heteroatoms. The fourth-order valence-corrected chi connectivity index (χ4v) is 2.15. The van der Waals surface area contributed by atoms with Crippen LogP contribution in [0.5, 0.6) is 0 Å². The molecular weight excluding hydrogens is 348 g/mol. The second kappa shape index (κ2) is 9.86. The van der Waals surface area contributed by atoms with Gasteiger partial charge in [0.1, 0.15) is 0 Å². The molecule has 0 aliphatic heterocycles. The Balaban J connectivity index is 1.89. The second-order valence-corrected chi connectivity index (χ2v) is 5.74. The van der Waals surface area contributed by atoms with Crippen LogP contribution in [0, 0.1) is 10.1 Å². The van der Waals surface area contributed by atoms with Gasteiger partial charge in [-0.2, -0.15) is 0 Å². The Bertz CT molecular complexity index is 826. The third-order valence-electron chi connectivity index (χ3n) is 3.65. The smallest absolute Gasteiger partial charge is 0.338 e. The summed E-state index contributed by atoms with van der Waals surface area (Å²) in [6, 6.07) is 12.3. The molecule has 2 aromatic carbocycles. The van der Waals surface area contributed by atoms with Crippen molar-refractivity contribution < 1.29 is 19.2 Å². The number of nitrogens with zero attached hydrogens (tertiary/aromatic N) is 1. The largest absolute Gasteiger partial charge is 0.462 e. The van der Waals surface area contributed by atoms with Gasteiger partial charge >= 0.3 is 5.97 Å². The Morgan fingerprint density at radius 3 is 2.37 bits per heavy atom. The van der Waals surface area contributed by atoms with Gasteiger partial charge in [-0.3, -0.25) is 14.9 Å². The predicted molar refractivity (Wildman–Crippen MR) is 102 cm³/mol. The van der Waals surface area contributed by atoms with Crippen LogP contribution in [0.3, 0.4) is 0 Å². The van der Waals surface area contributed by atoms with E-state index in [2.05, 4.69) is 5.32 Å². The Labute approximate surface area is 156 Å². The first-order chi connectivity index (χ1) is 13.0. The lowest BCUT2D eigenvalue weighted by atomic mass is 10.2. The number of benzene rings is 2. The lowest BCUT2D eigenvalue weighted by Gasteiger charge is -2.05. The minimum absolute atomic E-state index is 0.00934. The normalized spacial score (nSPS) is 10.6. The van der Waals surface area contributed by atoms with Gasteiger partial charge < -0.3 is 10.1 Å². The summed E-state index contributed by atoms with van der Waals surface area (Å²) < 4.78 is 5.12. The highest BCUT2D eigenvalue weighted by atomic mass is 16.6. The van der Waals surface area contributed by atoms with E-state index in [0.29, 0.717) is 23.4 Å². The van der Waals surface area contributed by atoms with E-state index in [1.54, 1.807) is 42.5 Å². The van der Waals surface area contributed by atoms with Crippen LogP contribution in [0.15, 0.2) is 54.6 Å². The summed E-state index contributed by atoms with van der Waals surface area (Å²) >= 11 is 0. The van der Waals surface area contributed by atoms with Gasteiger partial charge in [-0.05, 0) is 54.5 Å². The van der Waals surface area contributed by atoms with Crippen molar-refractivity contribution >= 4 is 29.3 Å². The van der Waals surface area contributed by atoms with Crippen LogP contribution >= 0.6 is 0 Å². The van der Waals surface area contributed by atoms with Crippen molar-refractivity contribution in [1.82, 2.24) is 0 Å². The van der Waals surface area contributed by atoms with Crippen LogP contribution in [-0.4, -0.2) is 23.4 Å². The van der Waals surface area contributed by atoms with Gasteiger partial charge in [0, 0.05) is 23.9 Å². The molecule has 0 aromatic heterocycles. The number of non-ortho nitro benzene ring substituents is 1. The first kappa shape index (κ1) is 19.8. The van der Waals surface area contributed by atoms with Crippen LogP contribution in [0.1, 0.15) is 35.7 Å². The number of amides is 1. The highest BCUT2D eigenvalue weighted by Gasteiger charge is 2.07. The van der Waals surface area contributed by atoms with Gasteiger partial charge in [0.25, 0.3) is 5.69 Å². The standard InChI is InChI=1S/C20H20N2O5/c1-2-3-14-27-20(24)16-7-9-17(10-8-16)21-19(23)13-6-15-4-11-18(12-5-15)22(25)26/h4-13H,2-3,14H2,1H3,(H,21,23)/b13-6+. The maximum absolute atomic E-state index is 12.0. The molecule has 0 heterocycles. The Morgan fingerprint density at radius 2 is 1.78 bits per heavy atom. The quantitative estimate of drug-likeness (QED) is 0.247. The number of nitro groups is 1. The molecule has 0 spiro atoms. The zero-order chi connectivity index (χ0) is 19.6. The van der Waals surface area contributed by atoms with Gasteiger partial charge in [0.2, 0.25) is 5.91 Å². The number of anilines is 1. The van der Waals surface area contributed by atoms with Crippen molar-refractivity contribution in [3.8, 4) is 0 Å². The molecule has 0 radical (unpaired) electrons. The van der Waals surface area contributed by atoms with Crippen LogP contribution in [0.2, 0.25) is 0 Å². The molecule has 1 amide bonds. The summed E-state index contributed by atoms with van der Waals surface area (Å²) in [4.78, 5) is 33.9. The third-order valence-corrected chi connectivity index (χ3v) is 3.65. The highest BCUT2D eigenvalue weighted by molar-refractivity contribution is 6.02. The van der Waals surface area contributed by atoms with Crippen LogP contribution < -0.4 is 5.32 Å². The predicted octanol–water partition coefficient (Wildman–Crippen LogP) is 4.20. The maximum atomic E-state index is 12.0. The number of nitro benzene ring substituents is 1. The van der Waals surface area contributed by atoms with Gasteiger partial charge in [-0.1, -0.05) is 13.3 Å². The summed E-state index contributed by atoms with van der Waals surface area (Å²) in [7, 11) is 0. The van der Waals surface area contributed by atoms with Crippen molar-refractivity contribution in [3.05, 3.63) is 75.8 Å². The van der Waals surface area contributed by atoms with E-state index in [9.17, 15) is 19.7 Å². The van der Waals surface area contributed by atoms with Crippen LogP contribution in [0.25, 0.3) is 6.08 Å². The number of carbonyl (C=O) groups excluding carboxylic acids is 2. The lowest BCUT2D eigenvalue weighted by molar-refractivity contribution is -0.384. The first-order valence-corrected chi connectivity index (χ1v) is 8.50. The Morgan fingerprint density at radius 1 is 1.11 bits per heavy atom. The monoisotopic (exact) mass is 368 g/mol. The van der Waals surface area contributed by atoms with E-state index >= 15 is 0 Å². The summed E-state index contributed by atoms with van der Waals surface area (Å²) in [6.45, 7) is 2.41. The number of rotatable bonds is 8. The number of ether oxygens (including phenoxy) is 1. The zero-order valence-electron chi connectivity index (χ0n) is 14.9. The molecular formula is C20H20N2O5. The molecule has 2 aromatic rings. The van der Waals surface area contributed by atoms with Gasteiger partial charge in [-0.25, -0.2) is 4.79 Å². The Hall–Kier alpha value is -3.48. The molecule has 0 unspecified atom stereocenters. The minimum Gasteiger partial charge on any atom is -0.462 e. The van der Waals surface area contributed by atoms with Crippen molar-refractivity contribution in [3.63, 3.8) is 0 Å². The van der Waals surface area contributed by atoms with E-state index < -0.39 is 4.92 Å². The van der Waals surface area contributed by atoms with E-state index in [1.807, 2.05) is 6.92 Å². The van der Waals surface area contributed by atoms with Crippen LogP contribution in [-0.2, 0) is 9.53 Å². The third kappa shape index (κ3) is 6.39. The van der Waals surface area contributed by atoms with Crippen LogP contribution in [0.4, 0.5) is 11.4 Å². The molecule has 27 heavy (non-hydrogen) atoms. The summed E-state index contributed by atoms with van der Waals surface area (Å²) in [5.74, 6) is -0.744. The first-order valence-electron chi connectivity index (χ1n) is 8.50. The molecule has 1 N–H and O–H groups in total. The maximum Gasteiger partial charge on any atom is 0.338 e. The molecule has 0 aliphatic carbocycles. The fourth-order valence-electron chi connectivity index (χ4n) is 2.15. The number of carbonyl (C=O) groups is 2. The summed E-state index contributed by atoms with van der Waals surface area (Å²) in [6.07, 6.45) is 4.65. The van der Waals surface area contributed by atoms with E-state index in [4.69, 9.17) is 4.74 Å². The average Bonchev–Trinajstić information content (AvgIpc) is 2.67. The average molecular weight is 368 g/mol. The summed E-state index contributed by atoms with van der Waals surface area (Å²) in [5.41, 5.74) is 1.62. The Kier molecular flexibility index (Phi) is 7.25. The minimum atomic E-state index is -0.483. The molecule has 0 saturated carbocycles. The van der Waals surface area contributed by atoms with Gasteiger partial charge in [0.15, 0.2) is 0 Å². The molecule has 0 atom stereocenters. The number of unbranched alkanes of at least 4 members (excludes halogenated alkanes) is 1. The van der Waals surface area contributed by atoms with Crippen molar-refractivity contribution in [2.45, 2.75) is 19.8 Å². The van der Waals surface area contributed by atoms with E-state index in [0.717, 1.165) is 12.8 Å². The molecule has 0 bridgehead atoms. The van der Waals surface area contributed by atoms with Crippen molar-refractivity contribution in [1.29, 1.82) is 0 Å². The molecule has 140 valence electrons. The van der Waals surface area contributed by atoms with Crippen molar-refractivity contribution in [2.75, 3.05) is 11.9 Å². The fraction of sp³-hybridized carbons (Fsp3) is 0.200. The number of hydrogen-bond donors (Lipinski definition) is 1. The summed E-state index contributed by atoms with van der Waals surface area (Å²) in [5, 5.41) is 13.3. The highest BCUT2D eigenvalue weighted by Crippen LogP contribution is 2.14. The second-order valence-electron chi connectivity index (χ2n) is 5.74. The van der Waals surface area contributed by atoms with Crippen molar-refractivity contribution in [2.24, 2.45) is 0 Å². The molecule has 2 rings (SSSR count). The van der Waals surface area contributed by atoms with Gasteiger partial charge in [-0.15, -0.1) is 0 Å².